The average Bonchev–Trinajstić information content (AvgIpc) is 2.60. The van der Waals surface area contributed by atoms with Crippen molar-refractivity contribution in [2.24, 2.45) is 5.73 Å². The molecular weight excluding hydrogens is 870 g/mol. The highest BCUT2D eigenvalue weighted by atomic mass is 127. The van der Waals surface area contributed by atoms with Crippen LogP contribution < -0.4 is 10.5 Å². The molecule has 0 spiro atoms. The topological polar surface area (TPSA) is 119 Å². The molecule has 0 heterocycles. The molecule has 0 aromatic heterocycles. The number of benzene rings is 2. The predicted molar refractivity (Wildman–Crippen MR) is 156 cm³/mol. The molecule has 2 aromatic carbocycles. The normalized spacial score (nSPS) is 11.8. The van der Waals surface area contributed by atoms with Crippen LogP contribution in [-0.4, -0.2) is 33.8 Å². The number of carboxylic acid groups (broad SMARTS) is 1. The van der Waals surface area contributed by atoms with Crippen molar-refractivity contribution in [3.05, 3.63) is 44.1 Å². The Labute approximate surface area is 241 Å². The number of nitrogens with two attached hydrogens (primary N) is 1. The largest absolute Gasteiger partial charge is 0.506 e. The first kappa shape index (κ1) is 29.9. The minimum absolute atomic E-state index is 0.254. The van der Waals surface area contributed by atoms with Gasteiger partial charge in [0.05, 0.1) is 14.3 Å². The van der Waals surface area contributed by atoms with Crippen LogP contribution in [-0.2, 0) is 20.7 Å². The van der Waals surface area contributed by atoms with Crippen molar-refractivity contribution >= 4 is 102 Å². The number of aromatic hydroxyl groups is 1. The van der Waals surface area contributed by atoms with Crippen LogP contribution in [0.4, 0.5) is 0 Å². The predicted octanol–water partition coefficient (Wildman–Crippen LogP) is 5.91. The summed E-state index contributed by atoms with van der Waals surface area (Å²) >= 11 is 8.56. The van der Waals surface area contributed by atoms with Crippen molar-refractivity contribution in [3.63, 3.8) is 0 Å². The summed E-state index contributed by atoms with van der Waals surface area (Å²) in [5.41, 5.74) is 6.41. The van der Waals surface area contributed by atoms with Crippen molar-refractivity contribution in [1.82, 2.24) is 0 Å². The van der Waals surface area contributed by atoms with E-state index in [2.05, 4.69) is 90.4 Å². The molecule has 0 saturated heterocycles. The van der Waals surface area contributed by atoms with E-state index in [0.29, 0.717) is 12.2 Å². The Morgan fingerprint density at radius 3 is 1.84 bits per heavy atom. The number of carbonyl (C=O) groups is 2. The Bertz CT molecular complexity index is 941. The van der Waals surface area contributed by atoms with Gasteiger partial charge in [0, 0.05) is 6.92 Å². The molecule has 2 rings (SSSR count). The summed E-state index contributed by atoms with van der Waals surface area (Å²) in [6, 6.07) is 6.77. The highest BCUT2D eigenvalue weighted by Gasteiger charge is 2.23. The number of halogens is 4. The smallest absolute Gasteiger partial charge is 0.323 e. The Hall–Kier alpha value is -0.140. The Morgan fingerprint density at radius 2 is 1.44 bits per heavy atom. The summed E-state index contributed by atoms with van der Waals surface area (Å²) in [6.07, 6.45) is 0.385. The SMILES string of the molecule is CC(=O)O.CC(C)(C)OC(=O)[C@@H](N)Cc1cc(I)c(Oc2cc(I)c(O)c(I)c2)c(I)c1. The van der Waals surface area contributed by atoms with Crippen LogP contribution in [0.15, 0.2) is 24.3 Å². The van der Waals surface area contributed by atoms with Gasteiger partial charge in [-0.15, -0.1) is 0 Å². The van der Waals surface area contributed by atoms with E-state index in [1.165, 1.54) is 0 Å². The second kappa shape index (κ2) is 13.1. The zero-order valence-electron chi connectivity index (χ0n) is 17.7. The van der Waals surface area contributed by atoms with Crippen LogP contribution in [0.1, 0.15) is 33.3 Å². The monoisotopic (exact) mass is 893 g/mol. The standard InChI is InChI=1S/C19H19I4NO4.C2H4O2/c1-19(2,3)28-18(26)15(24)6-9-4-13(22)17(14(23)5-9)27-10-7-11(20)16(25)12(21)8-10;1-2(3)4/h4-5,7-8,15,25H,6,24H2,1-3H3;1H3,(H,3,4)/t15-;/m0./s1. The number of carboxylic acids is 1. The molecule has 0 saturated carbocycles. The van der Waals surface area contributed by atoms with Crippen LogP contribution in [0.3, 0.4) is 0 Å². The van der Waals surface area contributed by atoms with Gasteiger partial charge < -0.3 is 25.4 Å². The molecule has 11 heteroatoms. The van der Waals surface area contributed by atoms with Gasteiger partial charge in [-0.3, -0.25) is 9.59 Å². The fraction of sp³-hybridized carbons (Fsp3) is 0.333. The van der Waals surface area contributed by atoms with Crippen molar-refractivity contribution in [2.45, 2.75) is 45.8 Å². The lowest BCUT2D eigenvalue weighted by atomic mass is 10.1. The molecule has 176 valence electrons. The number of aliphatic carboxylic acids is 1. The fourth-order valence-corrected chi connectivity index (χ4v) is 6.09. The molecule has 0 bridgehead atoms. The minimum atomic E-state index is -0.833. The lowest BCUT2D eigenvalue weighted by Gasteiger charge is -2.22. The molecule has 32 heavy (non-hydrogen) atoms. The number of phenols is 1. The fourth-order valence-electron chi connectivity index (χ4n) is 2.26. The third kappa shape index (κ3) is 10.4. The molecule has 1 atom stereocenters. The molecule has 0 unspecified atom stereocenters. The lowest BCUT2D eigenvalue weighted by molar-refractivity contribution is -0.156. The first-order valence-electron chi connectivity index (χ1n) is 9.12. The second-order valence-corrected chi connectivity index (χ2v) is 12.2. The van der Waals surface area contributed by atoms with Gasteiger partial charge >= 0.3 is 5.97 Å². The molecule has 7 nitrogen and oxygen atoms in total. The molecule has 0 radical (unpaired) electrons. The average molecular weight is 893 g/mol. The van der Waals surface area contributed by atoms with Crippen LogP contribution in [0.25, 0.3) is 0 Å². The molecule has 4 N–H and O–H groups in total. The Balaban J connectivity index is 0.00000118. The van der Waals surface area contributed by atoms with Gasteiger partial charge in [0.1, 0.15) is 23.1 Å². The summed E-state index contributed by atoms with van der Waals surface area (Å²) in [4.78, 5) is 21.1. The van der Waals surface area contributed by atoms with E-state index in [-0.39, 0.29) is 5.75 Å². The summed E-state index contributed by atoms with van der Waals surface area (Å²) in [5.74, 6) is 0.393. The number of hydrogen-bond donors (Lipinski definition) is 3. The minimum Gasteiger partial charge on any atom is -0.506 e. The van der Waals surface area contributed by atoms with Gasteiger partial charge in [0.25, 0.3) is 5.97 Å². The highest BCUT2D eigenvalue weighted by Crippen LogP contribution is 2.37. The molecular formula is C21H23I4NO6. The maximum atomic E-state index is 12.1. The van der Waals surface area contributed by atoms with Gasteiger partial charge in [0.15, 0.2) is 5.75 Å². The van der Waals surface area contributed by atoms with Crippen molar-refractivity contribution in [3.8, 4) is 17.2 Å². The summed E-state index contributed by atoms with van der Waals surface area (Å²) < 4.78 is 14.7. The van der Waals surface area contributed by atoms with Gasteiger partial charge in [0.2, 0.25) is 0 Å². The first-order chi connectivity index (χ1) is 14.6. The summed E-state index contributed by atoms with van der Waals surface area (Å²) in [5, 5.41) is 17.3. The molecule has 0 amide bonds. The van der Waals surface area contributed by atoms with Gasteiger partial charge in [-0.25, -0.2) is 0 Å². The zero-order chi connectivity index (χ0) is 24.8. The summed E-state index contributed by atoms with van der Waals surface area (Å²) in [7, 11) is 0. The third-order valence-corrected chi connectivity index (χ3v) is 6.68. The maximum absolute atomic E-state index is 12.1. The van der Waals surface area contributed by atoms with Crippen LogP contribution >= 0.6 is 90.4 Å². The molecule has 2 aromatic rings. The van der Waals surface area contributed by atoms with E-state index in [0.717, 1.165) is 32.5 Å². The molecule has 0 aliphatic rings. The molecule has 0 aliphatic carbocycles. The Kier molecular flexibility index (Phi) is 12.2. The first-order valence-corrected chi connectivity index (χ1v) is 13.4. The quantitative estimate of drug-likeness (QED) is 0.253. The number of rotatable bonds is 5. The molecule has 0 aliphatic heterocycles. The second-order valence-electron chi connectivity index (χ2n) is 7.59. The van der Waals surface area contributed by atoms with E-state index < -0.39 is 23.6 Å². The van der Waals surface area contributed by atoms with Crippen molar-refractivity contribution in [1.29, 1.82) is 0 Å². The van der Waals surface area contributed by atoms with E-state index in [1.807, 2.05) is 32.9 Å². The van der Waals surface area contributed by atoms with Gasteiger partial charge in [-0.2, -0.15) is 0 Å². The van der Waals surface area contributed by atoms with Gasteiger partial charge in [-0.05, 0) is 147 Å². The number of phenolic OH excluding ortho intramolecular Hbond substituents is 1. The summed E-state index contributed by atoms with van der Waals surface area (Å²) in [6.45, 7) is 6.55. The Morgan fingerprint density at radius 1 is 1.00 bits per heavy atom. The van der Waals surface area contributed by atoms with Crippen molar-refractivity contribution < 1.29 is 29.3 Å². The highest BCUT2D eigenvalue weighted by molar-refractivity contribution is 14.1. The zero-order valence-corrected chi connectivity index (χ0v) is 26.3. The maximum Gasteiger partial charge on any atom is 0.323 e. The van der Waals surface area contributed by atoms with E-state index >= 15 is 0 Å². The third-order valence-electron chi connectivity index (χ3n) is 3.43. The van der Waals surface area contributed by atoms with E-state index in [4.69, 9.17) is 25.1 Å². The van der Waals surface area contributed by atoms with E-state index in [1.54, 1.807) is 12.1 Å². The van der Waals surface area contributed by atoms with Gasteiger partial charge in [-0.1, -0.05) is 0 Å². The van der Waals surface area contributed by atoms with Crippen LogP contribution in [0, 0.1) is 14.3 Å². The number of hydrogen-bond acceptors (Lipinski definition) is 6. The number of carbonyl (C=O) groups excluding carboxylic acids is 1. The molecule has 0 fully saturated rings. The van der Waals surface area contributed by atoms with E-state index in [9.17, 15) is 9.90 Å². The van der Waals surface area contributed by atoms with Crippen molar-refractivity contribution in [2.75, 3.05) is 0 Å². The van der Waals surface area contributed by atoms with Crippen LogP contribution in [0.5, 0.6) is 17.2 Å². The number of esters is 1. The van der Waals surface area contributed by atoms with Crippen LogP contribution in [0.2, 0.25) is 0 Å². The lowest BCUT2D eigenvalue weighted by Crippen LogP contribution is -2.38. The number of ether oxygens (including phenoxy) is 2.